The molecule has 0 fully saturated rings. The molecular weight excluding hydrogens is 320 g/mol. The second kappa shape index (κ2) is 5.14. The van der Waals surface area contributed by atoms with E-state index in [9.17, 15) is 20.2 Å². The van der Waals surface area contributed by atoms with Crippen LogP contribution in [0.2, 0.25) is 0 Å². The van der Waals surface area contributed by atoms with E-state index in [-0.39, 0.29) is 18.1 Å². The van der Waals surface area contributed by atoms with Gasteiger partial charge in [-0.1, -0.05) is 12.1 Å². The van der Waals surface area contributed by atoms with Gasteiger partial charge in [-0.2, -0.15) is 0 Å². The second-order valence-electron chi connectivity index (χ2n) is 3.67. The van der Waals surface area contributed by atoms with Crippen LogP contribution in [-0.4, -0.2) is 19.4 Å². The number of hydrogen-bond donors (Lipinski definition) is 0. The number of nitro groups is 2. The first-order valence-electron chi connectivity index (χ1n) is 5.07. The number of hydrogen-bond acceptors (Lipinski definition) is 5. The summed E-state index contributed by atoms with van der Waals surface area (Å²) in [6.07, 6.45) is 2.58. The van der Waals surface area contributed by atoms with Crippen LogP contribution < -0.4 is 0 Å². The Hall–Kier alpha value is -2.29. The van der Waals surface area contributed by atoms with Gasteiger partial charge in [0, 0.05) is 6.07 Å². The smallest absolute Gasteiger partial charge is 0.358 e. The van der Waals surface area contributed by atoms with Crippen LogP contribution in [0.3, 0.4) is 0 Å². The molecule has 19 heavy (non-hydrogen) atoms. The van der Waals surface area contributed by atoms with Gasteiger partial charge in [0.2, 0.25) is 6.33 Å². The van der Waals surface area contributed by atoms with E-state index in [2.05, 4.69) is 20.9 Å². The van der Waals surface area contributed by atoms with Gasteiger partial charge >= 0.3 is 5.82 Å². The molecular formula is C10H7BrN4O4. The summed E-state index contributed by atoms with van der Waals surface area (Å²) in [6.45, 7) is 0.253. The third-order valence-corrected chi connectivity index (χ3v) is 3.33. The maximum absolute atomic E-state index is 10.8. The molecule has 0 unspecified atom stereocenters. The molecule has 0 N–H and O–H groups in total. The van der Waals surface area contributed by atoms with Crippen molar-refractivity contribution in [2.24, 2.45) is 0 Å². The standard InChI is InChI=1S/C10H7BrN4O4/c11-10-7(2-1-3-8(10)14(16)17)4-13-5-9(12-6-13)15(18)19/h1-3,5-6H,4H2. The SMILES string of the molecule is O=[N+]([O-])c1cn(Cc2cccc([N+](=O)[O-])c2Br)cn1. The van der Waals surface area contributed by atoms with Crippen LogP contribution >= 0.6 is 15.9 Å². The summed E-state index contributed by atoms with van der Waals surface area (Å²) >= 11 is 3.17. The lowest BCUT2D eigenvalue weighted by Gasteiger charge is -2.04. The number of rotatable bonds is 4. The molecule has 1 aromatic carbocycles. The lowest BCUT2D eigenvalue weighted by molar-refractivity contribution is -0.389. The molecule has 9 heteroatoms. The lowest BCUT2D eigenvalue weighted by Crippen LogP contribution is -1.99. The largest absolute Gasteiger partial charge is 0.381 e. The van der Waals surface area contributed by atoms with Gasteiger partial charge in [0.05, 0.1) is 11.5 Å². The Labute approximate surface area is 115 Å². The highest BCUT2D eigenvalue weighted by atomic mass is 79.9. The van der Waals surface area contributed by atoms with Crippen LogP contribution in [0.15, 0.2) is 35.2 Å². The minimum atomic E-state index is -0.598. The zero-order valence-corrected chi connectivity index (χ0v) is 11.0. The van der Waals surface area contributed by atoms with E-state index in [1.165, 1.54) is 23.2 Å². The molecule has 2 rings (SSSR count). The van der Waals surface area contributed by atoms with E-state index in [4.69, 9.17) is 0 Å². The summed E-state index contributed by atoms with van der Waals surface area (Å²) in [7, 11) is 0. The Morgan fingerprint density at radius 2 is 2.00 bits per heavy atom. The number of aromatic nitrogens is 2. The molecule has 1 heterocycles. The Bertz CT molecular complexity index is 655. The molecule has 0 aliphatic carbocycles. The van der Waals surface area contributed by atoms with Gasteiger partial charge in [-0.05, 0) is 31.4 Å². The predicted octanol–water partition coefficient (Wildman–Crippen LogP) is 2.51. The van der Waals surface area contributed by atoms with Crippen LogP contribution in [0.1, 0.15) is 5.56 Å². The van der Waals surface area contributed by atoms with Crippen molar-refractivity contribution in [3.8, 4) is 0 Å². The Balaban J connectivity index is 2.30. The third-order valence-electron chi connectivity index (χ3n) is 2.41. The molecule has 2 aromatic rings. The van der Waals surface area contributed by atoms with E-state index in [0.717, 1.165) is 0 Å². The molecule has 0 amide bonds. The molecule has 0 spiro atoms. The van der Waals surface area contributed by atoms with Gasteiger partial charge in [-0.3, -0.25) is 10.1 Å². The van der Waals surface area contributed by atoms with Gasteiger partial charge in [-0.15, -0.1) is 0 Å². The lowest BCUT2D eigenvalue weighted by atomic mass is 10.2. The predicted molar refractivity (Wildman–Crippen MR) is 68.8 cm³/mol. The average Bonchev–Trinajstić information content (AvgIpc) is 2.80. The van der Waals surface area contributed by atoms with Gasteiger partial charge in [0.25, 0.3) is 5.69 Å². The van der Waals surface area contributed by atoms with Crippen molar-refractivity contribution >= 4 is 27.4 Å². The highest BCUT2D eigenvalue weighted by molar-refractivity contribution is 9.10. The summed E-state index contributed by atoms with van der Waals surface area (Å²) in [4.78, 5) is 23.8. The molecule has 1 aromatic heterocycles. The van der Waals surface area contributed by atoms with Gasteiger partial charge in [0.1, 0.15) is 10.7 Å². The molecule has 0 bridgehead atoms. The highest BCUT2D eigenvalue weighted by Gasteiger charge is 2.16. The number of nitrogens with zero attached hydrogens (tertiary/aromatic N) is 4. The molecule has 0 aliphatic heterocycles. The quantitative estimate of drug-likeness (QED) is 0.634. The molecule has 0 saturated carbocycles. The van der Waals surface area contributed by atoms with Gasteiger partial charge < -0.3 is 14.7 Å². The maximum atomic E-state index is 10.8. The first-order valence-corrected chi connectivity index (χ1v) is 5.86. The van der Waals surface area contributed by atoms with Crippen molar-refractivity contribution in [2.75, 3.05) is 0 Å². The van der Waals surface area contributed by atoms with Gasteiger partial charge in [0.15, 0.2) is 0 Å². The summed E-state index contributed by atoms with van der Waals surface area (Å²) < 4.78 is 1.85. The Kier molecular flexibility index (Phi) is 3.56. The second-order valence-corrected chi connectivity index (χ2v) is 4.46. The van der Waals surface area contributed by atoms with Crippen LogP contribution in [0.25, 0.3) is 0 Å². The molecule has 0 radical (unpaired) electrons. The van der Waals surface area contributed by atoms with Crippen molar-refractivity contribution in [2.45, 2.75) is 6.54 Å². The minimum Gasteiger partial charge on any atom is -0.358 e. The fourth-order valence-corrected chi connectivity index (χ4v) is 2.09. The minimum absolute atomic E-state index is 0.0490. The van der Waals surface area contributed by atoms with E-state index >= 15 is 0 Å². The zero-order valence-electron chi connectivity index (χ0n) is 9.39. The number of imidazole rings is 1. The van der Waals surface area contributed by atoms with Crippen molar-refractivity contribution in [1.29, 1.82) is 0 Å². The fourth-order valence-electron chi connectivity index (χ4n) is 1.56. The van der Waals surface area contributed by atoms with E-state index in [0.29, 0.717) is 10.0 Å². The Morgan fingerprint density at radius 3 is 2.58 bits per heavy atom. The van der Waals surface area contributed by atoms with Gasteiger partial charge in [-0.25, -0.2) is 0 Å². The van der Waals surface area contributed by atoms with Crippen LogP contribution in [0.4, 0.5) is 11.5 Å². The zero-order chi connectivity index (χ0) is 14.0. The number of nitro benzene ring substituents is 1. The van der Waals surface area contributed by atoms with E-state index in [1.54, 1.807) is 12.1 Å². The normalized spacial score (nSPS) is 10.4. The number of halogens is 1. The molecule has 8 nitrogen and oxygen atoms in total. The molecule has 98 valence electrons. The summed E-state index contributed by atoms with van der Waals surface area (Å²) in [6, 6.07) is 4.64. The first-order chi connectivity index (χ1) is 8.99. The van der Waals surface area contributed by atoms with Crippen molar-refractivity contribution in [3.63, 3.8) is 0 Å². The molecule has 0 saturated heterocycles. The monoisotopic (exact) mass is 326 g/mol. The van der Waals surface area contributed by atoms with Crippen molar-refractivity contribution < 1.29 is 9.85 Å². The third kappa shape index (κ3) is 2.76. The molecule has 0 atom stereocenters. The first kappa shape index (κ1) is 13.1. The van der Waals surface area contributed by atoms with Crippen LogP contribution in [-0.2, 0) is 6.54 Å². The molecule has 0 aliphatic rings. The topological polar surface area (TPSA) is 104 Å². The van der Waals surface area contributed by atoms with E-state index < -0.39 is 9.85 Å². The Morgan fingerprint density at radius 1 is 1.26 bits per heavy atom. The van der Waals surface area contributed by atoms with Crippen LogP contribution in [0, 0.1) is 20.2 Å². The highest BCUT2D eigenvalue weighted by Crippen LogP contribution is 2.28. The summed E-state index contributed by atoms with van der Waals surface area (Å²) in [5.41, 5.74) is 0.591. The average molecular weight is 327 g/mol. The number of benzene rings is 1. The van der Waals surface area contributed by atoms with Crippen molar-refractivity contribution in [1.82, 2.24) is 9.55 Å². The summed E-state index contributed by atoms with van der Waals surface area (Å²) in [5, 5.41) is 21.3. The maximum Gasteiger partial charge on any atom is 0.381 e. The van der Waals surface area contributed by atoms with Crippen molar-refractivity contribution in [3.05, 3.63) is 61.0 Å². The fraction of sp³-hybridized carbons (Fsp3) is 0.100. The van der Waals surface area contributed by atoms with Crippen LogP contribution in [0.5, 0.6) is 0 Å². The van der Waals surface area contributed by atoms with E-state index in [1.807, 2.05) is 0 Å². The summed E-state index contributed by atoms with van der Waals surface area (Å²) in [5.74, 6) is -0.262.